The van der Waals surface area contributed by atoms with E-state index in [9.17, 15) is 13.2 Å². The number of anilines is 1. The zero-order valence-electron chi connectivity index (χ0n) is 11.3. The molecule has 0 bridgehead atoms. The Kier molecular flexibility index (Phi) is 3.55. The molecule has 0 radical (unpaired) electrons. The lowest BCUT2D eigenvalue weighted by Gasteiger charge is -2.33. The Hall–Kier alpha value is -1.37. The zero-order chi connectivity index (χ0) is 15.2. The molecule has 0 spiro atoms. The van der Waals surface area contributed by atoms with E-state index in [0.717, 1.165) is 0 Å². The normalized spacial score (nSPS) is 18.2. The maximum Gasteiger partial charge on any atom is 0.251 e. The molecule has 1 aliphatic rings. The first-order valence-corrected chi connectivity index (χ1v) is 7.41. The minimum atomic E-state index is -2.60. The van der Waals surface area contributed by atoms with E-state index < -0.39 is 11.7 Å². The SMILES string of the molecule is Cc1nc2cc(F)cc(Br)c2nc1N1CCC(F)(F)CC1. The van der Waals surface area contributed by atoms with Crippen LogP contribution in [0.3, 0.4) is 0 Å². The number of rotatable bonds is 1. The fraction of sp³-hybridized carbons (Fsp3) is 0.429. The van der Waals surface area contributed by atoms with E-state index in [1.54, 1.807) is 6.92 Å². The summed E-state index contributed by atoms with van der Waals surface area (Å²) in [5.41, 5.74) is 1.60. The highest BCUT2D eigenvalue weighted by Crippen LogP contribution is 2.32. The van der Waals surface area contributed by atoms with Crippen molar-refractivity contribution in [3.63, 3.8) is 0 Å². The highest BCUT2D eigenvalue weighted by atomic mass is 79.9. The Morgan fingerprint density at radius 1 is 1.19 bits per heavy atom. The summed E-state index contributed by atoms with van der Waals surface area (Å²) in [7, 11) is 0. The van der Waals surface area contributed by atoms with Crippen molar-refractivity contribution in [3.8, 4) is 0 Å². The van der Waals surface area contributed by atoms with Gasteiger partial charge >= 0.3 is 0 Å². The van der Waals surface area contributed by atoms with Gasteiger partial charge in [0.15, 0.2) is 5.82 Å². The van der Waals surface area contributed by atoms with Crippen LogP contribution < -0.4 is 4.90 Å². The highest BCUT2D eigenvalue weighted by Gasteiger charge is 2.35. The molecule has 1 aromatic heterocycles. The van der Waals surface area contributed by atoms with E-state index in [4.69, 9.17) is 0 Å². The minimum Gasteiger partial charge on any atom is -0.355 e. The molecular weight excluding hydrogens is 347 g/mol. The number of hydrogen-bond acceptors (Lipinski definition) is 3. The molecule has 2 aromatic rings. The van der Waals surface area contributed by atoms with Crippen molar-refractivity contribution in [3.05, 3.63) is 28.1 Å². The van der Waals surface area contributed by atoms with Gasteiger partial charge in [-0.1, -0.05) is 0 Å². The van der Waals surface area contributed by atoms with Crippen LogP contribution in [0.2, 0.25) is 0 Å². The van der Waals surface area contributed by atoms with Gasteiger partial charge in [-0.2, -0.15) is 0 Å². The third kappa shape index (κ3) is 2.84. The number of aromatic nitrogens is 2. The Bertz CT molecular complexity index is 695. The number of alkyl halides is 2. The smallest absolute Gasteiger partial charge is 0.251 e. The molecule has 1 aromatic carbocycles. The summed E-state index contributed by atoms with van der Waals surface area (Å²) < 4.78 is 40.4. The molecule has 21 heavy (non-hydrogen) atoms. The molecule has 1 fully saturated rings. The maximum atomic E-state index is 13.4. The summed E-state index contributed by atoms with van der Waals surface area (Å²) in [4.78, 5) is 10.7. The highest BCUT2D eigenvalue weighted by molar-refractivity contribution is 9.10. The number of benzene rings is 1. The lowest BCUT2D eigenvalue weighted by molar-refractivity contribution is -0.0221. The van der Waals surface area contributed by atoms with E-state index in [1.165, 1.54) is 12.1 Å². The standard InChI is InChI=1S/C14H13BrF3N3/c1-8-13(21-4-2-14(17,18)3-5-21)20-12-10(15)6-9(16)7-11(12)19-8/h6-7H,2-5H2,1H3. The summed E-state index contributed by atoms with van der Waals surface area (Å²) in [6, 6.07) is 2.63. The van der Waals surface area contributed by atoms with Gasteiger partial charge in [0, 0.05) is 36.5 Å². The number of hydrogen-bond donors (Lipinski definition) is 0. The van der Waals surface area contributed by atoms with Gasteiger partial charge < -0.3 is 4.90 Å². The molecule has 0 atom stereocenters. The molecule has 0 amide bonds. The van der Waals surface area contributed by atoms with E-state index in [-0.39, 0.29) is 25.9 Å². The molecule has 7 heteroatoms. The molecule has 1 aliphatic heterocycles. The van der Waals surface area contributed by atoms with Gasteiger partial charge in [-0.3, -0.25) is 0 Å². The molecular formula is C14H13BrF3N3. The largest absolute Gasteiger partial charge is 0.355 e. The van der Waals surface area contributed by atoms with Gasteiger partial charge in [0.25, 0.3) is 5.92 Å². The average Bonchev–Trinajstić information content (AvgIpc) is 2.38. The van der Waals surface area contributed by atoms with E-state index in [2.05, 4.69) is 25.9 Å². The second-order valence-electron chi connectivity index (χ2n) is 5.23. The Balaban J connectivity index is 2.02. The topological polar surface area (TPSA) is 29.0 Å². The first-order valence-electron chi connectivity index (χ1n) is 6.62. The minimum absolute atomic E-state index is 0.184. The van der Waals surface area contributed by atoms with Crippen LogP contribution in [0.15, 0.2) is 16.6 Å². The fourth-order valence-electron chi connectivity index (χ4n) is 2.51. The van der Waals surface area contributed by atoms with Crippen molar-refractivity contribution >= 4 is 32.8 Å². The van der Waals surface area contributed by atoms with Crippen LogP contribution in [0.5, 0.6) is 0 Å². The van der Waals surface area contributed by atoms with Gasteiger partial charge in [0.2, 0.25) is 0 Å². The second-order valence-corrected chi connectivity index (χ2v) is 6.09. The first kappa shape index (κ1) is 14.6. The monoisotopic (exact) mass is 359 g/mol. The third-order valence-corrected chi connectivity index (χ3v) is 4.24. The molecule has 1 saturated heterocycles. The molecule has 0 aliphatic carbocycles. The molecule has 3 rings (SSSR count). The van der Waals surface area contributed by atoms with Crippen molar-refractivity contribution in [1.29, 1.82) is 0 Å². The Morgan fingerprint density at radius 3 is 2.52 bits per heavy atom. The van der Waals surface area contributed by atoms with E-state index in [1.807, 2.05) is 4.90 Å². The average molecular weight is 360 g/mol. The van der Waals surface area contributed by atoms with Crippen molar-refractivity contribution < 1.29 is 13.2 Å². The molecule has 0 N–H and O–H groups in total. The van der Waals surface area contributed by atoms with Crippen LogP contribution in [0, 0.1) is 12.7 Å². The summed E-state index contributed by atoms with van der Waals surface area (Å²) in [6.07, 6.45) is -0.368. The van der Waals surface area contributed by atoms with Crippen molar-refractivity contribution in [2.24, 2.45) is 0 Å². The van der Waals surface area contributed by atoms with Crippen LogP contribution in [0.1, 0.15) is 18.5 Å². The van der Waals surface area contributed by atoms with Gasteiger partial charge in [-0.15, -0.1) is 0 Å². The number of aryl methyl sites for hydroxylation is 1. The van der Waals surface area contributed by atoms with Crippen molar-refractivity contribution in [1.82, 2.24) is 9.97 Å². The van der Waals surface area contributed by atoms with Gasteiger partial charge in [0.1, 0.15) is 11.3 Å². The lowest BCUT2D eigenvalue weighted by Crippen LogP contribution is -2.40. The predicted molar refractivity (Wildman–Crippen MR) is 78.3 cm³/mol. The number of nitrogens with zero attached hydrogens (tertiary/aromatic N) is 3. The zero-order valence-corrected chi connectivity index (χ0v) is 12.9. The van der Waals surface area contributed by atoms with E-state index in [0.29, 0.717) is 27.0 Å². The summed E-state index contributed by atoms with van der Waals surface area (Å²) >= 11 is 3.27. The lowest BCUT2D eigenvalue weighted by atomic mass is 10.1. The fourth-order valence-corrected chi connectivity index (χ4v) is 3.02. The van der Waals surface area contributed by atoms with Crippen LogP contribution in [-0.4, -0.2) is 29.0 Å². The quantitative estimate of drug-likeness (QED) is 0.768. The second kappa shape index (κ2) is 5.12. The first-order chi connectivity index (χ1) is 9.85. The summed E-state index contributed by atoms with van der Waals surface area (Å²) in [6.45, 7) is 2.24. The summed E-state index contributed by atoms with van der Waals surface area (Å²) in [5, 5.41) is 0. The Labute approximate surface area is 128 Å². The molecule has 3 nitrogen and oxygen atoms in total. The van der Waals surface area contributed by atoms with Crippen molar-refractivity contribution in [2.45, 2.75) is 25.7 Å². The third-order valence-electron chi connectivity index (χ3n) is 3.63. The van der Waals surface area contributed by atoms with Crippen LogP contribution in [0.4, 0.5) is 19.0 Å². The molecule has 0 unspecified atom stereocenters. The number of piperidine rings is 1. The molecule has 112 valence electrons. The number of fused-ring (bicyclic) bond motifs is 1. The summed E-state index contributed by atoms with van der Waals surface area (Å²) in [5.74, 6) is -2.41. The van der Waals surface area contributed by atoms with Gasteiger partial charge in [-0.25, -0.2) is 23.1 Å². The van der Waals surface area contributed by atoms with Gasteiger partial charge in [0.05, 0.1) is 11.2 Å². The van der Waals surface area contributed by atoms with E-state index >= 15 is 0 Å². The Morgan fingerprint density at radius 2 is 1.86 bits per heavy atom. The molecule has 2 heterocycles. The maximum absolute atomic E-state index is 13.4. The van der Waals surface area contributed by atoms with Crippen LogP contribution in [-0.2, 0) is 0 Å². The predicted octanol–water partition coefficient (Wildman–Crippen LogP) is 4.08. The number of halogens is 4. The van der Waals surface area contributed by atoms with Crippen LogP contribution >= 0.6 is 15.9 Å². The van der Waals surface area contributed by atoms with Crippen molar-refractivity contribution in [2.75, 3.05) is 18.0 Å². The van der Waals surface area contributed by atoms with Crippen LogP contribution in [0.25, 0.3) is 11.0 Å². The molecule has 0 saturated carbocycles. The van der Waals surface area contributed by atoms with Gasteiger partial charge in [-0.05, 0) is 28.9 Å².